The minimum atomic E-state index is -0.419. The standard InChI is InChI=1S/C15H10N4O2S2/c1-19(9-7-11(20)16-14(9)21)13-8-4-6-23-15(8)18-12(17-13)10-3-2-5-22-10/h2-7H,1H3,(H,16,20,21). The molecule has 4 rings (SSSR count). The second kappa shape index (κ2) is 5.25. The smallest absolute Gasteiger partial charge is 0.274 e. The van der Waals surface area contributed by atoms with Crippen LogP contribution in [0, 0.1) is 0 Å². The number of nitrogens with one attached hydrogen (secondary N) is 1. The van der Waals surface area contributed by atoms with E-state index in [1.807, 2.05) is 29.0 Å². The number of carbonyl (C=O) groups is 2. The Morgan fingerprint density at radius 2 is 2.00 bits per heavy atom. The summed E-state index contributed by atoms with van der Waals surface area (Å²) in [5.74, 6) is 0.390. The summed E-state index contributed by atoms with van der Waals surface area (Å²) in [5, 5.41) is 7.00. The van der Waals surface area contributed by atoms with Gasteiger partial charge in [-0.05, 0) is 22.9 Å². The summed E-state index contributed by atoms with van der Waals surface area (Å²) in [6, 6.07) is 5.81. The number of likely N-dealkylation sites (N-methyl/N-ethyl adjacent to an activating group) is 1. The molecule has 0 spiro atoms. The number of nitrogens with zero attached hydrogens (tertiary/aromatic N) is 3. The number of fused-ring (bicyclic) bond motifs is 1. The van der Waals surface area contributed by atoms with Gasteiger partial charge in [-0.25, -0.2) is 9.97 Å². The van der Waals surface area contributed by atoms with Crippen molar-refractivity contribution in [2.45, 2.75) is 0 Å². The Hall–Kier alpha value is -2.58. The van der Waals surface area contributed by atoms with Crippen molar-refractivity contribution in [1.82, 2.24) is 15.3 Å². The SMILES string of the molecule is CN(C1=CC(=O)NC1=O)c1nc(-c2cccs2)nc2sccc12. The van der Waals surface area contributed by atoms with E-state index >= 15 is 0 Å². The lowest BCUT2D eigenvalue weighted by molar-refractivity contribution is -0.123. The van der Waals surface area contributed by atoms with Crippen LogP contribution in [0.3, 0.4) is 0 Å². The molecule has 3 aromatic heterocycles. The van der Waals surface area contributed by atoms with Gasteiger partial charge in [0.15, 0.2) is 5.82 Å². The van der Waals surface area contributed by atoms with E-state index in [0.29, 0.717) is 11.6 Å². The molecule has 0 atom stereocenters. The third-order valence-corrected chi connectivity index (χ3v) is 5.14. The lowest BCUT2D eigenvalue weighted by Gasteiger charge is -2.19. The fourth-order valence-corrected chi connectivity index (χ4v) is 3.79. The third kappa shape index (κ3) is 2.32. The van der Waals surface area contributed by atoms with E-state index in [4.69, 9.17) is 0 Å². The first-order chi connectivity index (χ1) is 11.1. The number of imide groups is 1. The minimum Gasteiger partial charge on any atom is -0.324 e. The van der Waals surface area contributed by atoms with Crippen molar-refractivity contribution in [3.05, 3.63) is 40.7 Å². The fourth-order valence-electron chi connectivity index (χ4n) is 2.38. The van der Waals surface area contributed by atoms with Gasteiger partial charge < -0.3 is 4.90 Å². The first kappa shape index (κ1) is 14.0. The number of hydrogen-bond acceptors (Lipinski definition) is 7. The molecule has 0 saturated heterocycles. The van der Waals surface area contributed by atoms with Gasteiger partial charge in [-0.1, -0.05) is 6.07 Å². The topological polar surface area (TPSA) is 75.2 Å². The number of hydrogen-bond donors (Lipinski definition) is 1. The molecule has 0 fully saturated rings. The Balaban J connectivity index is 1.89. The van der Waals surface area contributed by atoms with Crippen LogP contribution in [0.5, 0.6) is 0 Å². The van der Waals surface area contributed by atoms with Crippen LogP contribution >= 0.6 is 22.7 Å². The molecule has 2 amide bonds. The molecule has 1 aliphatic rings. The summed E-state index contributed by atoms with van der Waals surface area (Å²) in [6.45, 7) is 0. The highest BCUT2D eigenvalue weighted by molar-refractivity contribution is 7.17. The molecule has 0 aromatic carbocycles. The molecule has 0 unspecified atom stereocenters. The molecule has 3 aromatic rings. The van der Waals surface area contributed by atoms with Gasteiger partial charge in [0, 0.05) is 13.1 Å². The van der Waals surface area contributed by atoms with Crippen molar-refractivity contribution in [2.75, 3.05) is 11.9 Å². The first-order valence-corrected chi connectivity index (χ1v) is 8.49. The Labute approximate surface area is 139 Å². The maximum Gasteiger partial charge on any atom is 0.274 e. The average molecular weight is 342 g/mol. The molecule has 6 nitrogen and oxygen atoms in total. The predicted molar refractivity (Wildman–Crippen MR) is 90.4 cm³/mol. The van der Waals surface area contributed by atoms with Crippen LogP contribution in [-0.4, -0.2) is 28.8 Å². The molecule has 23 heavy (non-hydrogen) atoms. The molecule has 0 bridgehead atoms. The van der Waals surface area contributed by atoms with Crippen molar-refractivity contribution in [1.29, 1.82) is 0 Å². The maximum atomic E-state index is 11.9. The highest BCUT2D eigenvalue weighted by Crippen LogP contribution is 2.33. The summed E-state index contributed by atoms with van der Waals surface area (Å²) >= 11 is 3.07. The Morgan fingerprint density at radius 3 is 2.70 bits per heavy atom. The number of aromatic nitrogens is 2. The Kier molecular flexibility index (Phi) is 3.21. The lowest BCUT2D eigenvalue weighted by atomic mass is 10.3. The molecule has 4 heterocycles. The van der Waals surface area contributed by atoms with Crippen LogP contribution in [0.1, 0.15) is 0 Å². The normalized spacial score (nSPS) is 14.2. The number of anilines is 1. The van der Waals surface area contributed by atoms with Gasteiger partial charge in [-0.2, -0.15) is 0 Å². The van der Waals surface area contributed by atoms with Gasteiger partial charge in [-0.3, -0.25) is 14.9 Å². The van der Waals surface area contributed by atoms with Crippen molar-refractivity contribution >= 4 is 50.5 Å². The van der Waals surface area contributed by atoms with E-state index in [1.54, 1.807) is 23.3 Å². The molecule has 0 aliphatic carbocycles. The molecular weight excluding hydrogens is 332 g/mol. The minimum absolute atomic E-state index is 0.276. The van der Waals surface area contributed by atoms with Crippen molar-refractivity contribution in [3.63, 3.8) is 0 Å². The van der Waals surface area contributed by atoms with Gasteiger partial charge >= 0.3 is 0 Å². The fraction of sp³-hybridized carbons (Fsp3) is 0.0667. The predicted octanol–water partition coefficient (Wildman–Crippen LogP) is 2.40. The van der Waals surface area contributed by atoms with Crippen molar-refractivity contribution in [3.8, 4) is 10.7 Å². The summed E-state index contributed by atoms with van der Waals surface area (Å²) in [5.41, 5.74) is 0.276. The van der Waals surface area contributed by atoms with Gasteiger partial charge in [-0.15, -0.1) is 22.7 Å². The zero-order valence-corrected chi connectivity index (χ0v) is 13.6. The summed E-state index contributed by atoms with van der Waals surface area (Å²) in [4.78, 5) is 35.9. The summed E-state index contributed by atoms with van der Waals surface area (Å²) < 4.78 is 0. The van der Waals surface area contributed by atoms with Crippen LogP contribution in [0.15, 0.2) is 40.7 Å². The quantitative estimate of drug-likeness (QED) is 0.740. The molecule has 1 aliphatic heterocycles. The molecule has 8 heteroatoms. The lowest BCUT2D eigenvalue weighted by Crippen LogP contribution is -2.29. The first-order valence-electron chi connectivity index (χ1n) is 6.73. The van der Waals surface area contributed by atoms with E-state index in [-0.39, 0.29) is 5.70 Å². The molecule has 1 N–H and O–H groups in total. The highest BCUT2D eigenvalue weighted by Gasteiger charge is 2.27. The van der Waals surface area contributed by atoms with Crippen LogP contribution in [0.2, 0.25) is 0 Å². The van der Waals surface area contributed by atoms with Crippen LogP contribution in [0.4, 0.5) is 5.82 Å². The largest absolute Gasteiger partial charge is 0.324 e. The second-order valence-corrected chi connectivity index (χ2v) is 6.74. The zero-order valence-electron chi connectivity index (χ0n) is 11.9. The highest BCUT2D eigenvalue weighted by atomic mass is 32.1. The number of thiophene rings is 2. The van der Waals surface area contributed by atoms with Gasteiger partial charge in [0.2, 0.25) is 0 Å². The summed E-state index contributed by atoms with van der Waals surface area (Å²) in [6.07, 6.45) is 1.29. The number of carbonyl (C=O) groups excluding carboxylic acids is 2. The Bertz CT molecular complexity index is 959. The van der Waals surface area contributed by atoms with E-state index in [1.165, 1.54) is 17.4 Å². The average Bonchev–Trinajstić information content (AvgIpc) is 3.25. The second-order valence-electron chi connectivity index (χ2n) is 4.89. The van der Waals surface area contributed by atoms with Crippen molar-refractivity contribution in [2.24, 2.45) is 0 Å². The third-order valence-electron chi connectivity index (χ3n) is 3.46. The zero-order chi connectivity index (χ0) is 16.0. The van der Waals surface area contributed by atoms with Gasteiger partial charge in [0.05, 0.1) is 10.3 Å². The van der Waals surface area contributed by atoms with Gasteiger partial charge in [0.1, 0.15) is 16.3 Å². The summed E-state index contributed by atoms with van der Waals surface area (Å²) in [7, 11) is 1.72. The monoisotopic (exact) mass is 342 g/mol. The number of rotatable bonds is 3. The van der Waals surface area contributed by atoms with E-state index < -0.39 is 11.8 Å². The Morgan fingerprint density at radius 1 is 1.13 bits per heavy atom. The molecule has 0 radical (unpaired) electrons. The van der Waals surface area contributed by atoms with Crippen LogP contribution < -0.4 is 10.2 Å². The maximum absolute atomic E-state index is 11.9. The number of amides is 2. The molecule has 114 valence electrons. The van der Waals surface area contributed by atoms with E-state index in [0.717, 1.165) is 15.1 Å². The molecular formula is C15H10N4O2S2. The van der Waals surface area contributed by atoms with Crippen LogP contribution in [0.25, 0.3) is 20.9 Å². The van der Waals surface area contributed by atoms with Crippen LogP contribution in [-0.2, 0) is 9.59 Å². The van der Waals surface area contributed by atoms with E-state index in [9.17, 15) is 9.59 Å². The van der Waals surface area contributed by atoms with E-state index in [2.05, 4.69) is 15.3 Å². The van der Waals surface area contributed by atoms with Crippen molar-refractivity contribution < 1.29 is 9.59 Å². The van der Waals surface area contributed by atoms with Gasteiger partial charge in [0.25, 0.3) is 11.8 Å². The molecule has 0 saturated carbocycles.